The molecular weight excluding hydrogens is 352 g/mol. The lowest BCUT2D eigenvalue weighted by Gasteiger charge is -2.39. The number of aromatic nitrogens is 2. The molecule has 4 rings (SSSR count). The van der Waals surface area contributed by atoms with E-state index >= 15 is 0 Å². The second-order valence-electron chi connectivity index (χ2n) is 7.67. The largest absolute Gasteiger partial charge is 0.354 e. The van der Waals surface area contributed by atoms with Crippen molar-refractivity contribution in [1.29, 1.82) is 0 Å². The quantitative estimate of drug-likeness (QED) is 0.757. The molecule has 4 nitrogen and oxygen atoms in total. The van der Waals surface area contributed by atoms with Gasteiger partial charge in [-0.3, -0.25) is 4.90 Å². The van der Waals surface area contributed by atoms with E-state index in [4.69, 9.17) is 9.97 Å². The molecule has 1 atom stereocenters. The van der Waals surface area contributed by atoms with Crippen molar-refractivity contribution in [2.45, 2.75) is 38.6 Å². The van der Waals surface area contributed by atoms with Crippen molar-refractivity contribution >= 4 is 17.6 Å². The molecule has 0 saturated carbocycles. The van der Waals surface area contributed by atoms with Crippen LogP contribution in [0.3, 0.4) is 0 Å². The summed E-state index contributed by atoms with van der Waals surface area (Å²) in [6, 6.07) is 11.1. The molecule has 144 valence electrons. The van der Waals surface area contributed by atoms with Crippen LogP contribution in [0.5, 0.6) is 0 Å². The van der Waals surface area contributed by atoms with Crippen molar-refractivity contribution < 1.29 is 0 Å². The highest BCUT2D eigenvalue weighted by atomic mass is 32.2. The first-order chi connectivity index (χ1) is 13.3. The van der Waals surface area contributed by atoms with Gasteiger partial charge in [0.2, 0.25) is 0 Å². The molecule has 0 amide bonds. The lowest BCUT2D eigenvalue weighted by Crippen LogP contribution is -2.50. The number of benzene rings is 1. The van der Waals surface area contributed by atoms with Crippen LogP contribution >= 0.6 is 11.8 Å². The highest BCUT2D eigenvalue weighted by Gasteiger charge is 2.27. The Balaban J connectivity index is 1.53. The van der Waals surface area contributed by atoms with E-state index in [0.29, 0.717) is 6.04 Å². The molecule has 1 aromatic heterocycles. The molecule has 1 unspecified atom stereocenters. The van der Waals surface area contributed by atoms with Crippen LogP contribution in [-0.2, 0) is 12.8 Å². The van der Waals surface area contributed by atoms with Crippen LogP contribution < -0.4 is 4.90 Å². The number of aryl methyl sites for hydroxylation is 1. The van der Waals surface area contributed by atoms with Gasteiger partial charge in [0, 0.05) is 49.0 Å². The molecule has 0 N–H and O–H groups in total. The maximum Gasteiger partial charge on any atom is 0.161 e. The summed E-state index contributed by atoms with van der Waals surface area (Å²) in [5.74, 6) is 3.34. The summed E-state index contributed by atoms with van der Waals surface area (Å²) in [6.07, 6.45) is 6.91. The molecule has 0 bridgehead atoms. The van der Waals surface area contributed by atoms with Crippen molar-refractivity contribution in [3.8, 4) is 11.4 Å². The van der Waals surface area contributed by atoms with Gasteiger partial charge in [0.05, 0.1) is 0 Å². The van der Waals surface area contributed by atoms with Crippen molar-refractivity contribution in [2.24, 2.45) is 0 Å². The summed E-state index contributed by atoms with van der Waals surface area (Å²) < 4.78 is 0. The van der Waals surface area contributed by atoms with Gasteiger partial charge in [-0.1, -0.05) is 30.3 Å². The lowest BCUT2D eigenvalue weighted by molar-refractivity contribution is 0.193. The molecule has 2 aromatic rings. The van der Waals surface area contributed by atoms with Crippen LogP contribution in [0.15, 0.2) is 30.3 Å². The minimum absolute atomic E-state index is 0.676. The first kappa shape index (κ1) is 18.8. The van der Waals surface area contributed by atoms with Crippen molar-refractivity contribution in [3.05, 3.63) is 41.6 Å². The van der Waals surface area contributed by atoms with E-state index in [1.165, 1.54) is 35.7 Å². The van der Waals surface area contributed by atoms with Crippen molar-refractivity contribution in [3.63, 3.8) is 0 Å². The predicted octanol–water partition coefficient (Wildman–Crippen LogP) is 3.90. The fourth-order valence-corrected chi connectivity index (χ4v) is 4.81. The van der Waals surface area contributed by atoms with Gasteiger partial charge < -0.3 is 4.90 Å². The predicted molar refractivity (Wildman–Crippen MR) is 116 cm³/mol. The Kier molecular flexibility index (Phi) is 5.98. The number of anilines is 1. The molecule has 1 aliphatic heterocycles. The van der Waals surface area contributed by atoms with Crippen molar-refractivity contribution in [1.82, 2.24) is 14.9 Å². The van der Waals surface area contributed by atoms with Crippen LogP contribution in [0.2, 0.25) is 0 Å². The van der Waals surface area contributed by atoms with E-state index in [9.17, 15) is 0 Å². The van der Waals surface area contributed by atoms with Gasteiger partial charge >= 0.3 is 0 Å². The van der Waals surface area contributed by atoms with E-state index < -0.39 is 0 Å². The van der Waals surface area contributed by atoms with Gasteiger partial charge in [-0.25, -0.2) is 9.97 Å². The van der Waals surface area contributed by atoms with Gasteiger partial charge in [-0.05, 0) is 44.6 Å². The zero-order valence-corrected chi connectivity index (χ0v) is 17.3. The molecule has 1 aromatic carbocycles. The third-order valence-electron chi connectivity index (χ3n) is 5.92. The normalized spacial score (nSPS) is 18.5. The molecule has 1 fully saturated rings. The average Bonchev–Trinajstić information content (AvgIpc) is 3.21. The van der Waals surface area contributed by atoms with Crippen LogP contribution in [0.1, 0.15) is 31.0 Å². The zero-order valence-electron chi connectivity index (χ0n) is 16.5. The fourth-order valence-electron chi connectivity index (χ4n) is 4.24. The van der Waals surface area contributed by atoms with E-state index in [1.54, 1.807) is 0 Å². The number of hydrogen-bond acceptors (Lipinski definition) is 5. The van der Waals surface area contributed by atoms with Crippen molar-refractivity contribution in [2.75, 3.05) is 43.1 Å². The maximum absolute atomic E-state index is 5.05. The third-order valence-corrected chi connectivity index (χ3v) is 6.56. The highest BCUT2D eigenvalue weighted by Crippen LogP contribution is 2.32. The van der Waals surface area contributed by atoms with E-state index in [2.05, 4.69) is 53.3 Å². The Hall–Kier alpha value is -1.59. The van der Waals surface area contributed by atoms with E-state index in [1.807, 2.05) is 11.8 Å². The standard InChI is InChI=1S/C22H30N4S/c1-17(11-16-27-2)25-12-14-26(15-13-25)22-19-9-6-10-20(19)23-21(24-22)18-7-4-3-5-8-18/h3-5,7-8,17H,6,9-16H2,1-2H3. The summed E-state index contributed by atoms with van der Waals surface area (Å²) >= 11 is 1.95. The first-order valence-electron chi connectivity index (χ1n) is 10.2. The minimum Gasteiger partial charge on any atom is -0.354 e. The monoisotopic (exact) mass is 382 g/mol. The second kappa shape index (κ2) is 8.61. The Morgan fingerprint density at radius 1 is 1.04 bits per heavy atom. The van der Waals surface area contributed by atoms with Gasteiger partial charge in [0.1, 0.15) is 5.82 Å². The molecule has 2 heterocycles. The lowest BCUT2D eigenvalue weighted by atomic mass is 10.1. The molecule has 0 radical (unpaired) electrons. The minimum atomic E-state index is 0.676. The first-order valence-corrected chi connectivity index (χ1v) is 11.6. The van der Waals surface area contributed by atoms with Crippen LogP contribution in [0, 0.1) is 0 Å². The Morgan fingerprint density at radius 3 is 2.56 bits per heavy atom. The Labute approximate surface area is 167 Å². The van der Waals surface area contributed by atoms with E-state index in [0.717, 1.165) is 50.4 Å². The molecule has 27 heavy (non-hydrogen) atoms. The summed E-state index contributed by atoms with van der Waals surface area (Å²) in [7, 11) is 0. The summed E-state index contributed by atoms with van der Waals surface area (Å²) in [5, 5.41) is 0. The average molecular weight is 383 g/mol. The van der Waals surface area contributed by atoms with Gasteiger partial charge in [-0.2, -0.15) is 11.8 Å². The molecular formula is C22H30N4S. The van der Waals surface area contributed by atoms with E-state index in [-0.39, 0.29) is 0 Å². The Bertz CT molecular complexity index is 756. The van der Waals surface area contributed by atoms with Gasteiger partial charge in [-0.15, -0.1) is 0 Å². The van der Waals surface area contributed by atoms with Crippen LogP contribution in [0.4, 0.5) is 5.82 Å². The zero-order chi connectivity index (χ0) is 18.6. The number of fused-ring (bicyclic) bond motifs is 1. The molecule has 1 saturated heterocycles. The van der Waals surface area contributed by atoms with Crippen LogP contribution in [0.25, 0.3) is 11.4 Å². The molecule has 5 heteroatoms. The second-order valence-corrected chi connectivity index (χ2v) is 8.65. The summed E-state index contributed by atoms with van der Waals surface area (Å²) in [6.45, 7) is 6.79. The number of nitrogens with zero attached hydrogens (tertiary/aromatic N) is 4. The van der Waals surface area contributed by atoms with Gasteiger partial charge in [0.15, 0.2) is 5.82 Å². The Morgan fingerprint density at radius 2 is 1.81 bits per heavy atom. The molecule has 2 aliphatic rings. The number of piperazine rings is 1. The number of thioether (sulfide) groups is 1. The molecule has 1 aliphatic carbocycles. The van der Waals surface area contributed by atoms with Gasteiger partial charge in [0.25, 0.3) is 0 Å². The third kappa shape index (κ3) is 4.14. The fraction of sp³-hybridized carbons (Fsp3) is 0.545. The summed E-state index contributed by atoms with van der Waals surface area (Å²) in [5.41, 5.74) is 3.80. The van der Waals surface area contributed by atoms with Crippen LogP contribution in [-0.4, -0.2) is 59.1 Å². The topological polar surface area (TPSA) is 32.3 Å². The molecule has 0 spiro atoms. The number of rotatable bonds is 6. The smallest absolute Gasteiger partial charge is 0.161 e. The maximum atomic E-state index is 5.05. The number of hydrogen-bond donors (Lipinski definition) is 0. The summed E-state index contributed by atoms with van der Waals surface area (Å²) in [4.78, 5) is 15.1. The highest BCUT2D eigenvalue weighted by molar-refractivity contribution is 7.98. The SMILES string of the molecule is CSCCC(C)N1CCN(c2nc(-c3ccccc3)nc3c2CCC3)CC1.